The quantitative estimate of drug-likeness (QED) is 0.762. The zero-order valence-electron chi connectivity index (χ0n) is 14.7. The Morgan fingerprint density at radius 1 is 1.15 bits per heavy atom. The molecule has 5 nitrogen and oxygen atoms in total. The topological polar surface area (TPSA) is 68.7 Å². The second kappa shape index (κ2) is 7.32. The van der Waals surface area contributed by atoms with E-state index in [4.69, 9.17) is 14.9 Å². The molecule has 0 aliphatic carbocycles. The molecule has 0 bridgehead atoms. The Balaban J connectivity index is 1.77. The van der Waals surface area contributed by atoms with Crippen molar-refractivity contribution < 1.29 is 9.15 Å². The van der Waals surface area contributed by atoms with Crippen LogP contribution in [0.25, 0.3) is 21.2 Å². The van der Waals surface area contributed by atoms with E-state index in [2.05, 4.69) is 17.0 Å². The number of fused-ring (bicyclic) bond motifs is 1. The van der Waals surface area contributed by atoms with Gasteiger partial charge >= 0.3 is 5.63 Å². The summed E-state index contributed by atoms with van der Waals surface area (Å²) in [5, 5.41) is 1.49. The third kappa shape index (κ3) is 3.33. The van der Waals surface area contributed by atoms with Crippen LogP contribution in [0.5, 0.6) is 0 Å². The molecule has 1 aliphatic heterocycles. The molecule has 0 saturated carbocycles. The highest BCUT2D eigenvalue weighted by atomic mass is 32.1. The number of hydrogen-bond donors (Lipinski definition) is 1. The van der Waals surface area contributed by atoms with E-state index in [0.717, 1.165) is 48.7 Å². The lowest BCUT2D eigenvalue weighted by atomic mass is 10.0. The van der Waals surface area contributed by atoms with Crippen LogP contribution in [0, 0.1) is 0 Å². The van der Waals surface area contributed by atoms with Gasteiger partial charge in [-0.3, -0.25) is 4.90 Å². The van der Waals surface area contributed by atoms with Gasteiger partial charge in [0.2, 0.25) is 0 Å². The Bertz CT molecular complexity index is 971. The van der Waals surface area contributed by atoms with E-state index in [9.17, 15) is 4.79 Å². The minimum absolute atomic E-state index is 0.332. The SMILES string of the molecule is CC(N)c1oc(=O)c2ccccc2c1-c1ccc(CN2CCOCC2)s1. The van der Waals surface area contributed by atoms with Gasteiger partial charge in [-0.15, -0.1) is 11.3 Å². The lowest BCUT2D eigenvalue weighted by Crippen LogP contribution is -2.35. The molecule has 1 saturated heterocycles. The number of nitrogens with two attached hydrogens (primary N) is 1. The highest BCUT2D eigenvalue weighted by Gasteiger charge is 2.20. The number of morpholine rings is 1. The van der Waals surface area contributed by atoms with Crippen LogP contribution in [0.4, 0.5) is 0 Å². The minimum atomic E-state index is -0.355. The Morgan fingerprint density at radius 3 is 2.62 bits per heavy atom. The molecule has 1 unspecified atom stereocenters. The standard InChI is InChI=1S/C20H22N2O3S/c1-13(21)19-18(15-4-2-3-5-16(15)20(23)25-19)17-7-6-14(26-17)12-22-8-10-24-11-9-22/h2-7,13H,8-12,21H2,1H3. The minimum Gasteiger partial charge on any atom is -0.425 e. The molecule has 1 aliphatic rings. The Labute approximate surface area is 156 Å². The summed E-state index contributed by atoms with van der Waals surface area (Å²) in [5.74, 6) is 0.550. The van der Waals surface area contributed by atoms with Crippen molar-refractivity contribution in [2.45, 2.75) is 19.5 Å². The van der Waals surface area contributed by atoms with E-state index in [1.54, 1.807) is 17.4 Å². The first kappa shape index (κ1) is 17.4. The Kier molecular flexibility index (Phi) is 4.91. The van der Waals surface area contributed by atoms with Crippen LogP contribution >= 0.6 is 11.3 Å². The van der Waals surface area contributed by atoms with Gasteiger partial charge < -0.3 is 14.9 Å². The zero-order chi connectivity index (χ0) is 18.1. The predicted molar refractivity (Wildman–Crippen MR) is 104 cm³/mol. The van der Waals surface area contributed by atoms with Crippen LogP contribution < -0.4 is 11.4 Å². The third-order valence-electron chi connectivity index (χ3n) is 4.67. The average Bonchev–Trinajstić information content (AvgIpc) is 3.10. The highest BCUT2D eigenvalue weighted by Crippen LogP contribution is 2.37. The molecule has 1 fully saturated rings. The van der Waals surface area contributed by atoms with Crippen LogP contribution in [0.3, 0.4) is 0 Å². The monoisotopic (exact) mass is 370 g/mol. The fraction of sp³-hybridized carbons (Fsp3) is 0.350. The summed E-state index contributed by atoms with van der Waals surface area (Å²) in [6.45, 7) is 6.26. The molecule has 0 radical (unpaired) electrons. The maximum atomic E-state index is 12.3. The lowest BCUT2D eigenvalue weighted by Gasteiger charge is -2.25. The van der Waals surface area contributed by atoms with Gasteiger partial charge in [-0.2, -0.15) is 0 Å². The summed E-state index contributed by atoms with van der Waals surface area (Å²) in [7, 11) is 0. The van der Waals surface area contributed by atoms with Crippen LogP contribution in [-0.2, 0) is 11.3 Å². The molecule has 2 N–H and O–H groups in total. The number of benzene rings is 1. The van der Waals surface area contributed by atoms with E-state index >= 15 is 0 Å². The number of nitrogens with zero attached hydrogens (tertiary/aromatic N) is 1. The second-order valence-corrected chi connectivity index (χ2v) is 7.79. The maximum absolute atomic E-state index is 12.3. The van der Waals surface area contributed by atoms with Gasteiger partial charge in [-0.05, 0) is 25.1 Å². The molecule has 4 rings (SSSR count). The molecule has 136 valence electrons. The molecule has 0 amide bonds. The Hall–Kier alpha value is -1.99. The van der Waals surface area contributed by atoms with Crippen LogP contribution in [-0.4, -0.2) is 31.2 Å². The van der Waals surface area contributed by atoms with Crippen molar-refractivity contribution in [3.8, 4) is 10.4 Å². The van der Waals surface area contributed by atoms with Crippen molar-refractivity contribution in [2.24, 2.45) is 5.73 Å². The summed E-state index contributed by atoms with van der Waals surface area (Å²) in [6.07, 6.45) is 0. The number of hydrogen-bond acceptors (Lipinski definition) is 6. The molecule has 26 heavy (non-hydrogen) atoms. The lowest BCUT2D eigenvalue weighted by molar-refractivity contribution is 0.0346. The van der Waals surface area contributed by atoms with Gasteiger partial charge in [0.15, 0.2) is 0 Å². The number of rotatable bonds is 4. The highest BCUT2D eigenvalue weighted by molar-refractivity contribution is 7.15. The van der Waals surface area contributed by atoms with Crippen molar-refractivity contribution in [3.63, 3.8) is 0 Å². The van der Waals surface area contributed by atoms with Gasteiger partial charge in [-0.1, -0.05) is 18.2 Å². The molecule has 0 spiro atoms. The molecular weight excluding hydrogens is 348 g/mol. The summed E-state index contributed by atoms with van der Waals surface area (Å²) in [5.41, 5.74) is 6.72. The summed E-state index contributed by atoms with van der Waals surface area (Å²) in [4.78, 5) is 17.1. The average molecular weight is 370 g/mol. The number of ether oxygens (including phenoxy) is 1. The van der Waals surface area contributed by atoms with Crippen molar-refractivity contribution >= 4 is 22.1 Å². The van der Waals surface area contributed by atoms with Crippen LogP contribution in [0.1, 0.15) is 23.6 Å². The van der Waals surface area contributed by atoms with E-state index < -0.39 is 0 Å². The molecule has 6 heteroatoms. The van der Waals surface area contributed by atoms with Gasteiger partial charge in [0.05, 0.1) is 24.6 Å². The fourth-order valence-corrected chi connectivity index (χ4v) is 4.48. The van der Waals surface area contributed by atoms with Gasteiger partial charge in [0, 0.05) is 40.3 Å². The molecule has 2 aromatic heterocycles. The smallest absolute Gasteiger partial charge is 0.343 e. The van der Waals surface area contributed by atoms with E-state index in [0.29, 0.717) is 11.1 Å². The van der Waals surface area contributed by atoms with Crippen molar-refractivity contribution in [1.29, 1.82) is 0 Å². The molecule has 1 atom stereocenters. The van der Waals surface area contributed by atoms with Crippen molar-refractivity contribution in [3.05, 3.63) is 57.5 Å². The Morgan fingerprint density at radius 2 is 1.88 bits per heavy atom. The van der Waals surface area contributed by atoms with Crippen LogP contribution in [0.15, 0.2) is 45.6 Å². The molecule has 3 aromatic rings. The first-order valence-electron chi connectivity index (χ1n) is 8.84. The third-order valence-corrected chi connectivity index (χ3v) is 5.76. The largest absolute Gasteiger partial charge is 0.425 e. The molecule has 1 aromatic carbocycles. The van der Waals surface area contributed by atoms with E-state index in [1.807, 2.05) is 25.1 Å². The summed E-state index contributed by atoms with van der Waals surface area (Å²) < 4.78 is 11.0. The fourth-order valence-electron chi connectivity index (χ4n) is 3.37. The molecule has 3 heterocycles. The molecular formula is C20H22N2O3S. The van der Waals surface area contributed by atoms with Gasteiger partial charge in [0.1, 0.15) is 5.76 Å². The predicted octanol–water partition coefficient (Wildman–Crippen LogP) is 3.37. The van der Waals surface area contributed by atoms with E-state index in [-0.39, 0.29) is 11.7 Å². The van der Waals surface area contributed by atoms with Gasteiger partial charge in [0.25, 0.3) is 0 Å². The zero-order valence-corrected chi connectivity index (χ0v) is 15.6. The van der Waals surface area contributed by atoms with Gasteiger partial charge in [-0.25, -0.2) is 4.79 Å². The first-order chi connectivity index (χ1) is 12.6. The number of thiophene rings is 1. The van der Waals surface area contributed by atoms with E-state index in [1.165, 1.54) is 4.88 Å². The summed E-state index contributed by atoms with van der Waals surface area (Å²) in [6, 6.07) is 11.5. The van der Waals surface area contributed by atoms with Crippen molar-refractivity contribution in [1.82, 2.24) is 4.90 Å². The van der Waals surface area contributed by atoms with Crippen molar-refractivity contribution in [2.75, 3.05) is 26.3 Å². The summed E-state index contributed by atoms with van der Waals surface area (Å²) >= 11 is 1.73. The maximum Gasteiger partial charge on any atom is 0.343 e. The van der Waals surface area contributed by atoms with Crippen LogP contribution in [0.2, 0.25) is 0 Å². The normalized spacial score (nSPS) is 16.8. The second-order valence-electron chi connectivity index (χ2n) is 6.62. The first-order valence-corrected chi connectivity index (χ1v) is 9.65.